The molecule has 0 bridgehead atoms. The van der Waals surface area contributed by atoms with E-state index in [1.165, 1.54) is 50.5 Å². The van der Waals surface area contributed by atoms with Gasteiger partial charge in [0, 0.05) is 43.8 Å². The maximum Gasteiger partial charge on any atom is 0.231 e. The molecule has 1 saturated carbocycles. The molecule has 2 saturated heterocycles. The average molecular weight is 620 g/mol. The standard InChI is InChI=1S/C34H62FN7O2/c1-24(39-22-28(35)11-10-25-8-6-4-3-5-7-9-25)31(32(36)37)33(43)40-30-23-38-17-12-29(30)26-15-20-42(21-16-26)34(44)27-13-18-41(2)19-14-27/h24-28,31-32,38-39H,3-23,36-37H2,1-2H3,(H,40,43). The van der Waals surface area contributed by atoms with Gasteiger partial charge in [0.05, 0.1) is 12.1 Å². The number of nitrogens with zero attached hydrogens (tertiary/aromatic N) is 2. The van der Waals surface area contributed by atoms with Gasteiger partial charge in [-0.3, -0.25) is 9.59 Å². The topological polar surface area (TPSA) is 129 Å². The second-order valence-corrected chi connectivity index (χ2v) is 14.3. The minimum atomic E-state index is -0.949. The van der Waals surface area contributed by atoms with Crippen LogP contribution in [0.4, 0.5) is 4.39 Å². The SMILES string of the molecule is CC(NCC(F)CCC1CCCCCCC1)C(C(=O)NC1=C(C2CCN(C(=O)C3CCN(C)CC3)CC2)CCNC1)C(N)N. The van der Waals surface area contributed by atoms with Gasteiger partial charge in [0.15, 0.2) is 0 Å². The van der Waals surface area contributed by atoms with Crippen molar-refractivity contribution in [1.82, 2.24) is 25.8 Å². The van der Waals surface area contributed by atoms with E-state index in [0.717, 1.165) is 76.9 Å². The van der Waals surface area contributed by atoms with Crippen LogP contribution in [0.3, 0.4) is 0 Å². The molecule has 1 aliphatic carbocycles. The van der Waals surface area contributed by atoms with E-state index < -0.39 is 18.3 Å². The zero-order chi connectivity index (χ0) is 31.5. The molecule has 0 aromatic carbocycles. The van der Waals surface area contributed by atoms with E-state index in [9.17, 15) is 14.0 Å². The van der Waals surface area contributed by atoms with Crippen LogP contribution in [-0.2, 0) is 9.59 Å². The Bertz CT molecular complexity index is 923. The van der Waals surface area contributed by atoms with Gasteiger partial charge in [-0.1, -0.05) is 44.9 Å². The first-order chi connectivity index (χ1) is 21.2. The van der Waals surface area contributed by atoms with Gasteiger partial charge in [0.1, 0.15) is 6.17 Å². The quantitative estimate of drug-likeness (QED) is 0.212. The monoisotopic (exact) mass is 619 g/mol. The molecule has 3 unspecified atom stereocenters. The summed E-state index contributed by atoms with van der Waals surface area (Å²) in [4.78, 5) is 31.1. The molecule has 2 amide bonds. The third-order valence-corrected chi connectivity index (χ3v) is 10.9. The molecular formula is C34H62FN7O2. The minimum absolute atomic E-state index is 0.155. The van der Waals surface area contributed by atoms with E-state index in [0.29, 0.717) is 30.7 Å². The second-order valence-electron chi connectivity index (χ2n) is 14.3. The van der Waals surface area contributed by atoms with Crippen molar-refractivity contribution in [2.45, 2.75) is 115 Å². The van der Waals surface area contributed by atoms with Gasteiger partial charge in [-0.2, -0.15) is 0 Å². The Hall–Kier alpha value is -1.59. The maximum absolute atomic E-state index is 14.9. The van der Waals surface area contributed by atoms with Gasteiger partial charge in [-0.15, -0.1) is 0 Å². The average Bonchev–Trinajstić information content (AvgIpc) is 3.00. The van der Waals surface area contributed by atoms with E-state index in [4.69, 9.17) is 11.5 Å². The minimum Gasteiger partial charge on any atom is -0.342 e. The van der Waals surface area contributed by atoms with Crippen molar-refractivity contribution in [2.24, 2.45) is 35.1 Å². The van der Waals surface area contributed by atoms with Gasteiger partial charge in [-0.25, -0.2) is 4.39 Å². The molecule has 0 radical (unpaired) electrons. The Morgan fingerprint density at radius 1 is 0.977 bits per heavy atom. The summed E-state index contributed by atoms with van der Waals surface area (Å²) in [6, 6.07) is -0.357. The molecule has 252 valence electrons. The number of likely N-dealkylation sites (tertiary alicyclic amines) is 2. The molecule has 3 aliphatic heterocycles. The van der Waals surface area contributed by atoms with Gasteiger partial charge in [-0.05, 0) is 96.0 Å². The van der Waals surface area contributed by atoms with Crippen LogP contribution in [0.15, 0.2) is 11.3 Å². The highest BCUT2D eigenvalue weighted by molar-refractivity contribution is 5.82. The van der Waals surface area contributed by atoms with E-state index in [1.807, 2.05) is 6.92 Å². The Labute approximate surface area is 265 Å². The fraction of sp³-hybridized carbons (Fsp3) is 0.882. The van der Waals surface area contributed by atoms with Crippen LogP contribution in [-0.4, -0.2) is 92.9 Å². The molecule has 0 aromatic heterocycles. The Kier molecular flexibility index (Phi) is 14.4. The van der Waals surface area contributed by atoms with E-state index >= 15 is 0 Å². The van der Waals surface area contributed by atoms with E-state index in [2.05, 4.69) is 32.8 Å². The maximum atomic E-state index is 14.9. The Morgan fingerprint density at radius 2 is 1.64 bits per heavy atom. The molecule has 0 aromatic rings. The van der Waals surface area contributed by atoms with Crippen LogP contribution in [0, 0.1) is 23.7 Å². The van der Waals surface area contributed by atoms with Crippen LogP contribution < -0.4 is 27.4 Å². The van der Waals surface area contributed by atoms with E-state index in [-0.39, 0.29) is 24.4 Å². The van der Waals surface area contributed by atoms with Crippen LogP contribution in [0.1, 0.15) is 96.8 Å². The lowest BCUT2D eigenvalue weighted by molar-refractivity contribution is -0.138. The fourth-order valence-electron chi connectivity index (χ4n) is 7.99. The number of nitrogens with one attached hydrogen (secondary N) is 3. The molecule has 9 nitrogen and oxygen atoms in total. The lowest BCUT2D eigenvalue weighted by Gasteiger charge is -2.38. The highest BCUT2D eigenvalue weighted by Crippen LogP contribution is 2.32. The number of halogens is 1. The highest BCUT2D eigenvalue weighted by Gasteiger charge is 2.34. The van der Waals surface area contributed by atoms with Crippen molar-refractivity contribution in [1.29, 1.82) is 0 Å². The van der Waals surface area contributed by atoms with Crippen LogP contribution >= 0.6 is 0 Å². The van der Waals surface area contributed by atoms with E-state index in [1.54, 1.807) is 0 Å². The summed E-state index contributed by atoms with van der Waals surface area (Å²) in [6.45, 7) is 7.09. The number of nitrogens with two attached hydrogens (primary N) is 2. The highest BCUT2D eigenvalue weighted by atomic mass is 19.1. The number of carbonyl (C=O) groups is 2. The molecule has 4 rings (SSSR count). The normalized spacial score (nSPS) is 24.5. The first-order valence-electron chi connectivity index (χ1n) is 17.8. The summed E-state index contributed by atoms with van der Waals surface area (Å²) in [5.74, 6) is 0.567. The molecular weight excluding hydrogens is 557 g/mol. The second kappa shape index (κ2) is 17.9. The number of carbonyl (C=O) groups excluding carboxylic acids is 2. The summed E-state index contributed by atoms with van der Waals surface area (Å²) in [5, 5.41) is 9.83. The third kappa shape index (κ3) is 10.5. The lowest BCUT2D eigenvalue weighted by atomic mass is 9.84. The zero-order valence-corrected chi connectivity index (χ0v) is 27.6. The van der Waals surface area contributed by atoms with Crippen molar-refractivity contribution >= 4 is 11.8 Å². The zero-order valence-electron chi connectivity index (χ0n) is 27.6. The third-order valence-electron chi connectivity index (χ3n) is 10.9. The number of piperidine rings is 2. The summed E-state index contributed by atoms with van der Waals surface area (Å²) in [7, 11) is 2.12. The van der Waals surface area contributed by atoms with Gasteiger partial charge < -0.3 is 37.2 Å². The largest absolute Gasteiger partial charge is 0.342 e. The summed E-state index contributed by atoms with van der Waals surface area (Å²) >= 11 is 0. The predicted molar refractivity (Wildman–Crippen MR) is 175 cm³/mol. The molecule has 3 heterocycles. The number of alkyl halides is 1. The Balaban J connectivity index is 1.27. The van der Waals surface area contributed by atoms with Gasteiger partial charge in [0.25, 0.3) is 0 Å². The van der Waals surface area contributed by atoms with Crippen LogP contribution in [0.25, 0.3) is 0 Å². The molecule has 3 atom stereocenters. The number of hydrogen-bond donors (Lipinski definition) is 5. The molecule has 44 heavy (non-hydrogen) atoms. The summed E-state index contributed by atoms with van der Waals surface area (Å²) in [5.41, 5.74) is 14.5. The van der Waals surface area contributed by atoms with Crippen LogP contribution in [0.5, 0.6) is 0 Å². The first-order valence-corrected chi connectivity index (χ1v) is 17.8. The smallest absolute Gasteiger partial charge is 0.231 e. The molecule has 4 aliphatic rings. The van der Waals surface area contributed by atoms with Crippen molar-refractivity contribution < 1.29 is 14.0 Å². The molecule has 7 N–H and O–H groups in total. The fourth-order valence-corrected chi connectivity index (χ4v) is 7.99. The molecule has 3 fully saturated rings. The lowest BCUT2D eigenvalue weighted by Crippen LogP contribution is -2.56. The van der Waals surface area contributed by atoms with Gasteiger partial charge in [0.2, 0.25) is 11.8 Å². The van der Waals surface area contributed by atoms with Crippen molar-refractivity contribution in [2.75, 3.05) is 52.9 Å². The van der Waals surface area contributed by atoms with Crippen LogP contribution in [0.2, 0.25) is 0 Å². The summed E-state index contributed by atoms with van der Waals surface area (Å²) < 4.78 is 14.9. The summed E-state index contributed by atoms with van der Waals surface area (Å²) in [6.07, 6.45) is 13.3. The first kappa shape index (κ1) is 35.3. The molecule has 0 spiro atoms. The van der Waals surface area contributed by atoms with Crippen molar-refractivity contribution in [3.8, 4) is 0 Å². The predicted octanol–water partition coefficient (Wildman–Crippen LogP) is 3.25. The van der Waals surface area contributed by atoms with Gasteiger partial charge >= 0.3 is 0 Å². The van der Waals surface area contributed by atoms with Crippen molar-refractivity contribution in [3.63, 3.8) is 0 Å². The number of rotatable bonds is 12. The number of amides is 2. The molecule has 10 heteroatoms. The van der Waals surface area contributed by atoms with Crippen molar-refractivity contribution in [3.05, 3.63) is 11.3 Å². The number of hydrogen-bond acceptors (Lipinski definition) is 7. The Morgan fingerprint density at radius 3 is 2.30 bits per heavy atom.